The number of rotatable bonds is 1. The van der Waals surface area contributed by atoms with E-state index in [1.165, 1.54) is 18.5 Å². The molecule has 0 aliphatic carbocycles. The van der Waals surface area contributed by atoms with E-state index >= 15 is 0 Å². The maximum Gasteiger partial charge on any atom is 0.256 e. The fourth-order valence-electron chi connectivity index (χ4n) is 3.65. The molecule has 0 bridgehead atoms. The molecular weight excluding hydrogens is 325 g/mol. The second kappa shape index (κ2) is 4.95. The largest absolute Gasteiger partial charge is 0.489 e. The summed E-state index contributed by atoms with van der Waals surface area (Å²) in [5.74, 6) is -0.0228. The Morgan fingerprint density at radius 1 is 1.28 bits per heavy atom. The van der Waals surface area contributed by atoms with Gasteiger partial charge in [0.2, 0.25) is 0 Å². The van der Waals surface area contributed by atoms with Crippen molar-refractivity contribution in [1.82, 2.24) is 0 Å². The van der Waals surface area contributed by atoms with Crippen LogP contribution in [0.15, 0.2) is 35.3 Å². The van der Waals surface area contributed by atoms with Gasteiger partial charge in [-0.2, -0.15) is 0 Å². The Bertz CT molecular complexity index is 943. The number of nitrogen functional groups attached to an aromatic ring is 1. The minimum absolute atomic E-state index is 0.0902. The summed E-state index contributed by atoms with van der Waals surface area (Å²) in [6.45, 7) is 0.825. The summed E-state index contributed by atoms with van der Waals surface area (Å²) in [7, 11) is 0. The van der Waals surface area contributed by atoms with Gasteiger partial charge in [0.05, 0.1) is 17.9 Å². The number of nitrogens with two attached hydrogens (primary N) is 1. The van der Waals surface area contributed by atoms with Crippen molar-refractivity contribution >= 4 is 23.7 Å². The fourth-order valence-corrected chi connectivity index (χ4v) is 3.65. The Morgan fingerprint density at radius 3 is 3.00 bits per heavy atom. The molecule has 3 aliphatic rings. The number of aliphatic imine (C=N–C) groups is 1. The summed E-state index contributed by atoms with van der Waals surface area (Å²) in [5, 5.41) is 0. The molecule has 25 heavy (non-hydrogen) atoms. The first-order valence-corrected chi connectivity index (χ1v) is 7.99. The third-order valence-corrected chi connectivity index (χ3v) is 4.85. The summed E-state index contributed by atoms with van der Waals surface area (Å²) in [6.07, 6.45) is 0.902. The van der Waals surface area contributed by atoms with Gasteiger partial charge in [-0.1, -0.05) is 18.2 Å². The topological polar surface area (TPSA) is 77.2 Å². The predicted molar refractivity (Wildman–Crippen MR) is 90.2 cm³/mol. The molecule has 2 aromatic carbocycles. The highest BCUT2D eigenvalue weighted by atomic mass is 19.1. The van der Waals surface area contributed by atoms with Gasteiger partial charge in [0, 0.05) is 11.1 Å². The molecule has 2 aromatic rings. The molecule has 1 amide bonds. The third-order valence-electron chi connectivity index (χ3n) is 4.85. The van der Waals surface area contributed by atoms with Gasteiger partial charge in [-0.3, -0.25) is 4.79 Å². The second-order valence-electron chi connectivity index (χ2n) is 6.21. The maximum atomic E-state index is 13.9. The van der Waals surface area contributed by atoms with Gasteiger partial charge in [-0.05, 0) is 17.7 Å². The molecule has 2 atom stereocenters. The van der Waals surface area contributed by atoms with E-state index in [0.29, 0.717) is 35.7 Å². The number of benzene rings is 2. The highest BCUT2D eigenvalue weighted by molar-refractivity contribution is 6.05. The van der Waals surface area contributed by atoms with Gasteiger partial charge in [-0.15, -0.1) is 0 Å². The van der Waals surface area contributed by atoms with E-state index in [-0.39, 0.29) is 11.6 Å². The molecule has 3 heterocycles. The highest BCUT2D eigenvalue weighted by Gasteiger charge is 2.46. The average molecular weight is 339 g/mol. The quantitative estimate of drug-likeness (QED) is 0.809. The second-order valence-corrected chi connectivity index (χ2v) is 6.21. The molecule has 0 saturated carbocycles. The third kappa shape index (κ3) is 1.89. The number of hydrogen-bond donors (Lipinski definition) is 1. The number of anilines is 2. The van der Waals surface area contributed by atoms with E-state index in [9.17, 15) is 9.18 Å². The van der Waals surface area contributed by atoms with Crippen molar-refractivity contribution < 1.29 is 18.7 Å². The van der Waals surface area contributed by atoms with Crippen LogP contribution < -0.4 is 15.4 Å². The first kappa shape index (κ1) is 14.3. The van der Waals surface area contributed by atoms with E-state index in [4.69, 9.17) is 15.2 Å². The maximum absolute atomic E-state index is 13.9. The predicted octanol–water partition coefficient (Wildman–Crippen LogP) is 2.28. The monoisotopic (exact) mass is 339 g/mol. The number of amides is 1. The molecule has 3 aliphatic heterocycles. The zero-order valence-electron chi connectivity index (χ0n) is 13.1. The van der Waals surface area contributed by atoms with Crippen LogP contribution in [0.4, 0.5) is 15.8 Å². The van der Waals surface area contributed by atoms with E-state index in [1.807, 2.05) is 12.1 Å². The highest BCUT2D eigenvalue weighted by Crippen LogP contribution is 2.50. The molecule has 0 fully saturated rings. The van der Waals surface area contributed by atoms with Crippen molar-refractivity contribution in [1.29, 1.82) is 0 Å². The Labute approximate surface area is 142 Å². The minimum Gasteiger partial charge on any atom is -0.489 e. The summed E-state index contributed by atoms with van der Waals surface area (Å²) < 4.78 is 25.3. The van der Waals surface area contributed by atoms with Gasteiger partial charge in [0.1, 0.15) is 12.4 Å². The minimum atomic E-state index is -0.543. The molecule has 0 spiro atoms. The molecular formula is C18H14FN3O3. The normalized spacial score (nSPS) is 22.9. The molecule has 0 aromatic heterocycles. The van der Waals surface area contributed by atoms with Crippen LogP contribution in [-0.2, 0) is 9.53 Å². The average Bonchev–Trinajstić information content (AvgIpc) is 3.12. The Balaban J connectivity index is 1.73. The zero-order chi connectivity index (χ0) is 17.1. The summed E-state index contributed by atoms with van der Waals surface area (Å²) >= 11 is 0. The Kier molecular flexibility index (Phi) is 2.83. The standard InChI is InChI=1S/C18H14FN3O3/c19-12-7-9(1-4-13(12)20)10-2-3-11-15-17(10)24-6-5-22(15)18(23)14-16(11)25-8-21-14/h1-4,7-8,14,16H,5-6,20H2. The number of nitrogens with zero attached hydrogens (tertiary/aromatic N) is 2. The van der Waals surface area contributed by atoms with Gasteiger partial charge >= 0.3 is 0 Å². The summed E-state index contributed by atoms with van der Waals surface area (Å²) in [4.78, 5) is 18.6. The van der Waals surface area contributed by atoms with Crippen LogP contribution in [0.3, 0.4) is 0 Å². The van der Waals surface area contributed by atoms with Crippen LogP contribution in [-0.4, -0.2) is 31.5 Å². The van der Waals surface area contributed by atoms with E-state index < -0.39 is 18.0 Å². The Hall–Kier alpha value is -3.09. The lowest BCUT2D eigenvalue weighted by molar-refractivity contribution is -0.122. The lowest BCUT2D eigenvalue weighted by atomic mass is 9.90. The lowest BCUT2D eigenvalue weighted by Gasteiger charge is -2.39. The van der Waals surface area contributed by atoms with Crippen LogP contribution in [0, 0.1) is 5.82 Å². The smallest absolute Gasteiger partial charge is 0.256 e. The first-order chi connectivity index (χ1) is 12.1. The molecule has 7 heteroatoms. The molecule has 6 nitrogen and oxygen atoms in total. The van der Waals surface area contributed by atoms with Crippen molar-refractivity contribution in [3.05, 3.63) is 41.7 Å². The van der Waals surface area contributed by atoms with Crippen molar-refractivity contribution in [3.63, 3.8) is 0 Å². The lowest BCUT2D eigenvalue weighted by Crippen LogP contribution is -2.48. The van der Waals surface area contributed by atoms with Crippen molar-refractivity contribution in [3.8, 4) is 16.9 Å². The van der Waals surface area contributed by atoms with Gasteiger partial charge in [-0.25, -0.2) is 9.38 Å². The van der Waals surface area contributed by atoms with Crippen molar-refractivity contribution in [2.45, 2.75) is 12.1 Å². The first-order valence-electron chi connectivity index (χ1n) is 7.99. The molecule has 2 unspecified atom stereocenters. The van der Waals surface area contributed by atoms with Crippen LogP contribution in [0.2, 0.25) is 0 Å². The van der Waals surface area contributed by atoms with E-state index in [1.54, 1.807) is 11.0 Å². The van der Waals surface area contributed by atoms with Crippen LogP contribution in [0.5, 0.6) is 5.75 Å². The van der Waals surface area contributed by atoms with Gasteiger partial charge in [0.15, 0.2) is 24.3 Å². The number of ether oxygens (including phenoxy) is 2. The van der Waals surface area contributed by atoms with Gasteiger partial charge in [0.25, 0.3) is 5.91 Å². The summed E-state index contributed by atoms with van der Waals surface area (Å²) in [5.41, 5.74) is 8.57. The molecule has 0 saturated heterocycles. The molecule has 5 rings (SSSR count). The van der Waals surface area contributed by atoms with Crippen LogP contribution in [0.1, 0.15) is 11.7 Å². The van der Waals surface area contributed by atoms with Gasteiger partial charge < -0.3 is 20.1 Å². The summed E-state index contributed by atoms with van der Waals surface area (Å²) in [6, 6.07) is 7.84. The van der Waals surface area contributed by atoms with Crippen LogP contribution in [0.25, 0.3) is 11.1 Å². The Morgan fingerprint density at radius 2 is 2.16 bits per heavy atom. The van der Waals surface area contributed by atoms with E-state index in [0.717, 1.165) is 5.56 Å². The number of fused-ring (bicyclic) bond motifs is 2. The number of carbonyl (C=O) groups is 1. The molecule has 0 radical (unpaired) electrons. The number of carbonyl (C=O) groups excluding carboxylic acids is 1. The van der Waals surface area contributed by atoms with Crippen LogP contribution >= 0.6 is 0 Å². The number of hydrogen-bond acceptors (Lipinski definition) is 5. The van der Waals surface area contributed by atoms with Crippen molar-refractivity contribution in [2.75, 3.05) is 23.8 Å². The SMILES string of the molecule is Nc1ccc(-c2ccc3c4c2OCCN4C(=O)C2N=COC32)cc1F. The number of halogens is 1. The molecule has 2 N–H and O–H groups in total. The fraction of sp³-hybridized carbons (Fsp3) is 0.222. The molecule has 126 valence electrons. The van der Waals surface area contributed by atoms with E-state index in [2.05, 4.69) is 4.99 Å². The van der Waals surface area contributed by atoms with Crippen molar-refractivity contribution in [2.24, 2.45) is 4.99 Å². The zero-order valence-corrected chi connectivity index (χ0v) is 13.1.